The van der Waals surface area contributed by atoms with Crippen molar-refractivity contribution in [1.82, 2.24) is 9.55 Å². The monoisotopic (exact) mass is 462 g/mol. The average molecular weight is 462 g/mol. The number of imidazole rings is 1. The van der Waals surface area contributed by atoms with E-state index in [-0.39, 0.29) is 17.1 Å². The topological polar surface area (TPSA) is 62.6 Å². The fraction of sp³-hybridized carbons (Fsp3) is 0.417. The molecule has 176 valence electrons. The first-order valence-corrected chi connectivity index (χ1v) is 10.7. The van der Waals surface area contributed by atoms with Crippen LogP contribution in [-0.4, -0.2) is 48.9 Å². The molecule has 0 aliphatic carbocycles. The fourth-order valence-electron chi connectivity index (χ4n) is 4.21. The zero-order valence-electron chi connectivity index (χ0n) is 18.4. The number of nitrogens with zero attached hydrogens (tertiary/aromatic N) is 2. The predicted molar refractivity (Wildman–Crippen MR) is 117 cm³/mol. The Morgan fingerprint density at radius 2 is 1.79 bits per heavy atom. The number of aromatic nitrogens is 2. The number of alkyl halides is 3. The van der Waals surface area contributed by atoms with Gasteiger partial charge >= 0.3 is 6.18 Å². The highest BCUT2D eigenvalue weighted by Crippen LogP contribution is 2.36. The van der Waals surface area contributed by atoms with E-state index in [9.17, 15) is 18.0 Å². The van der Waals surface area contributed by atoms with Gasteiger partial charge in [-0.2, -0.15) is 13.2 Å². The fourth-order valence-corrected chi connectivity index (χ4v) is 4.21. The standard InChI is InChI=1S/C24H25F3N2O4/c1-31-21-12-17(13-22(32-2)23(21)20(30)5-8-24(25,26)27)29-14-28-18-11-16(3-4-19(18)29)15-6-9-33-10-7-15/h3-4,11-15H,5-10H2,1-2H3. The molecule has 0 spiro atoms. The van der Waals surface area contributed by atoms with Gasteiger partial charge < -0.3 is 14.2 Å². The van der Waals surface area contributed by atoms with Crippen LogP contribution in [0.2, 0.25) is 0 Å². The number of hydrogen-bond donors (Lipinski definition) is 0. The Kier molecular flexibility index (Phi) is 6.60. The van der Waals surface area contributed by atoms with Crippen molar-refractivity contribution in [3.8, 4) is 17.2 Å². The molecule has 2 aromatic carbocycles. The number of ketones is 1. The van der Waals surface area contributed by atoms with E-state index in [0.29, 0.717) is 11.6 Å². The summed E-state index contributed by atoms with van der Waals surface area (Å²) in [5.41, 5.74) is 3.52. The van der Waals surface area contributed by atoms with Crippen molar-refractivity contribution in [1.29, 1.82) is 0 Å². The smallest absolute Gasteiger partial charge is 0.389 e. The molecule has 0 unspecified atom stereocenters. The molecule has 1 aromatic heterocycles. The SMILES string of the molecule is COc1cc(-n2cnc3cc(C4CCOCC4)ccc32)cc(OC)c1C(=O)CCC(F)(F)F. The summed E-state index contributed by atoms with van der Waals surface area (Å²) in [4.78, 5) is 17.1. The minimum absolute atomic E-state index is 0.000718. The van der Waals surface area contributed by atoms with Crippen molar-refractivity contribution in [3.05, 3.63) is 47.8 Å². The van der Waals surface area contributed by atoms with Crippen molar-refractivity contribution >= 4 is 16.8 Å². The Morgan fingerprint density at radius 3 is 2.39 bits per heavy atom. The van der Waals surface area contributed by atoms with Gasteiger partial charge in [0.05, 0.1) is 37.4 Å². The Labute approximate surface area is 189 Å². The van der Waals surface area contributed by atoms with E-state index < -0.39 is 24.8 Å². The van der Waals surface area contributed by atoms with Crippen LogP contribution in [0.1, 0.15) is 47.5 Å². The average Bonchev–Trinajstić information content (AvgIpc) is 3.25. The highest BCUT2D eigenvalue weighted by Gasteiger charge is 2.30. The molecule has 0 saturated carbocycles. The van der Waals surface area contributed by atoms with E-state index in [2.05, 4.69) is 17.1 Å². The van der Waals surface area contributed by atoms with Crippen LogP contribution in [0.3, 0.4) is 0 Å². The molecule has 33 heavy (non-hydrogen) atoms. The summed E-state index contributed by atoms with van der Waals surface area (Å²) in [6.45, 7) is 1.51. The summed E-state index contributed by atoms with van der Waals surface area (Å²) in [6.07, 6.45) is -2.69. The maximum Gasteiger partial charge on any atom is 0.389 e. The molecule has 1 aliphatic heterocycles. The number of carbonyl (C=O) groups excluding carboxylic acids is 1. The molecular formula is C24H25F3N2O4. The van der Waals surface area contributed by atoms with E-state index in [0.717, 1.165) is 37.1 Å². The molecule has 1 fully saturated rings. The summed E-state index contributed by atoms with van der Waals surface area (Å²) in [7, 11) is 2.73. The number of carbonyl (C=O) groups is 1. The summed E-state index contributed by atoms with van der Waals surface area (Å²) in [5.74, 6) is 0.0500. The van der Waals surface area contributed by atoms with Gasteiger partial charge in [0.2, 0.25) is 0 Å². The number of halogens is 3. The second-order valence-corrected chi connectivity index (χ2v) is 8.01. The van der Waals surface area contributed by atoms with Gasteiger partial charge in [0, 0.05) is 31.8 Å². The lowest BCUT2D eigenvalue weighted by Crippen LogP contribution is -2.14. The Morgan fingerprint density at radius 1 is 1.12 bits per heavy atom. The van der Waals surface area contributed by atoms with Crippen LogP contribution in [0, 0.1) is 0 Å². The molecule has 0 atom stereocenters. The molecular weight excluding hydrogens is 437 g/mol. The summed E-state index contributed by atoms with van der Waals surface area (Å²) in [6, 6.07) is 9.37. The quantitative estimate of drug-likeness (QED) is 0.436. The first-order valence-electron chi connectivity index (χ1n) is 10.7. The number of Topliss-reactive ketones (excluding diaryl/α,β-unsaturated/α-hetero) is 1. The highest BCUT2D eigenvalue weighted by molar-refractivity contribution is 6.01. The first-order chi connectivity index (χ1) is 15.8. The molecule has 0 radical (unpaired) electrons. The molecule has 0 amide bonds. The van der Waals surface area contributed by atoms with Gasteiger partial charge in [-0.05, 0) is 36.5 Å². The van der Waals surface area contributed by atoms with E-state index in [4.69, 9.17) is 14.2 Å². The van der Waals surface area contributed by atoms with Crippen LogP contribution in [-0.2, 0) is 4.74 Å². The Balaban J connectivity index is 1.69. The second kappa shape index (κ2) is 9.43. The second-order valence-electron chi connectivity index (χ2n) is 8.01. The number of ether oxygens (including phenoxy) is 3. The van der Waals surface area contributed by atoms with E-state index in [1.807, 2.05) is 10.6 Å². The van der Waals surface area contributed by atoms with Crippen molar-refractivity contribution in [2.75, 3.05) is 27.4 Å². The first kappa shape index (κ1) is 23.1. The summed E-state index contributed by atoms with van der Waals surface area (Å²) >= 11 is 0. The third-order valence-corrected chi connectivity index (χ3v) is 5.95. The molecule has 6 nitrogen and oxygen atoms in total. The molecule has 0 bridgehead atoms. The van der Waals surface area contributed by atoms with E-state index in [1.54, 1.807) is 18.5 Å². The van der Waals surface area contributed by atoms with Gasteiger partial charge in [-0.1, -0.05) is 6.07 Å². The van der Waals surface area contributed by atoms with E-state index >= 15 is 0 Å². The van der Waals surface area contributed by atoms with Crippen molar-refractivity contribution in [2.24, 2.45) is 0 Å². The van der Waals surface area contributed by atoms with Crippen LogP contribution < -0.4 is 9.47 Å². The molecule has 3 aromatic rings. The number of hydrogen-bond acceptors (Lipinski definition) is 5. The molecule has 1 saturated heterocycles. The third-order valence-electron chi connectivity index (χ3n) is 5.95. The number of rotatable bonds is 7. The van der Waals surface area contributed by atoms with Crippen molar-refractivity contribution in [2.45, 2.75) is 37.8 Å². The molecule has 2 heterocycles. The molecule has 4 rings (SSSR count). The van der Waals surface area contributed by atoms with Gasteiger partial charge in [0.25, 0.3) is 0 Å². The number of fused-ring (bicyclic) bond motifs is 1. The van der Waals surface area contributed by atoms with Crippen LogP contribution in [0.15, 0.2) is 36.7 Å². The number of methoxy groups -OCH3 is 2. The van der Waals surface area contributed by atoms with Crippen molar-refractivity contribution < 1.29 is 32.2 Å². The molecule has 9 heteroatoms. The highest BCUT2D eigenvalue weighted by atomic mass is 19.4. The number of benzene rings is 2. The van der Waals surface area contributed by atoms with Crippen molar-refractivity contribution in [3.63, 3.8) is 0 Å². The zero-order chi connectivity index (χ0) is 23.6. The zero-order valence-corrected chi connectivity index (χ0v) is 18.4. The maximum absolute atomic E-state index is 12.6. The van der Waals surface area contributed by atoms with Crippen LogP contribution >= 0.6 is 0 Å². The summed E-state index contributed by atoms with van der Waals surface area (Å²) < 4.78 is 55.8. The van der Waals surface area contributed by atoms with Crippen LogP contribution in [0.4, 0.5) is 13.2 Å². The van der Waals surface area contributed by atoms with E-state index in [1.165, 1.54) is 19.8 Å². The lowest BCUT2D eigenvalue weighted by Gasteiger charge is -2.22. The third kappa shape index (κ3) is 4.98. The van der Waals surface area contributed by atoms with Crippen LogP contribution in [0.25, 0.3) is 16.7 Å². The van der Waals surface area contributed by atoms with Gasteiger partial charge in [-0.3, -0.25) is 9.36 Å². The molecule has 0 N–H and O–H groups in total. The van der Waals surface area contributed by atoms with Gasteiger partial charge in [-0.15, -0.1) is 0 Å². The minimum atomic E-state index is -4.42. The van der Waals surface area contributed by atoms with Gasteiger partial charge in [-0.25, -0.2) is 4.98 Å². The minimum Gasteiger partial charge on any atom is -0.496 e. The maximum atomic E-state index is 12.6. The molecule has 1 aliphatic rings. The van der Waals surface area contributed by atoms with Crippen LogP contribution in [0.5, 0.6) is 11.5 Å². The lowest BCUT2D eigenvalue weighted by molar-refractivity contribution is -0.133. The largest absolute Gasteiger partial charge is 0.496 e. The van der Waals surface area contributed by atoms with Gasteiger partial charge in [0.1, 0.15) is 23.4 Å². The van der Waals surface area contributed by atoms with Gasteiger partial charge in [0.15, 0.2) is 5.78 Å². The predicted octanol–water partition coefficient (Wildman–Crippen LogP) is 5.46. The Bertz CT molecular complexity index is 1130. The normalized spacial score (nSPS) is 15.1. The Hall–Kier alpha value is -3.07. The summed E-state index contributed by atoms with van der Waals surface area (Å²) in [5, 5.41) is 0. The lowest BCUT2D eigenvalue weighted by atomic mass is 9.91.